The highest BCUT2D eigenvalue weighted by atomic mass is 16.5. The lowest BCUT2D eigenvalue weighted by Gasteiger charge is -2.16. The summed E-state index contributed by atoms with van der Waals surface area (Å²) in [6.07, 6.45) is 6.93. The number of allylic oxidation sites excluding steroid dienone is 1. The standard InChI is InChI=1S/C12H17N3O3/c16-12(14-8-11-2-1-5-18-11)9-3-4-10(7-15-17)13-6-9/h3-4,7,9,11,17H,1-2,5-6,8H2,(H,14,16)/b15-7+. The first-order valence-corrected chi connectivity index (χ1v) is 6.09. The first-order valence-electron chi connectivity index (χ1n) is 6.09. The maximum atomic E-state index is 11.8. The van der Waals surface area contributed by atoms with Crippen molar-refractivity contribution < 1.29 is 14.7 Å². The molecule has 0 aliphatic carbocycles. The number of rotatable bonds is 4. The van der Waals surface area contributed by atoms with Gasteiger partial charge in [0.2, 0.25) is 5.91 Å². The lowest BCUT2D eigenvalue weighted by molar-refractivity contribution is -0.123. The largest absolute Gasteiger partial charge is 0.411 e. The summed E-state index contributed by atoms with van der Waals surface area (Å²) in [5.41, 5.74) is 0.570. The molecule has 0 aromatic heterocycles. The van der Waals surface area contributed by atoms with E-state index in [1.54, 1.807) is 12.2 Å². The minimum Gasteiger partial charge on any atom is -0.411 e. The summed E-state index contributed by atoms with van der Waals surface area (Å²) in [7, 11) is 0. The topological polar surface area (TPSA) is 83.3 Å². The van der Waals surface area contributed by atoms with Crippen molar-refractivity contribution in [1.29, 1.82) is 0 Å². The first kappa shape index (κ1) is 12.8. The van der Waals surface area contributed by atoms with E-state index in [1.165, 1.54) is 6.21 Å². The molecule has 0 spiro atoms. The van der Waals surface area contributed by atoms with E-state index < -0.39 is 0 Å². The Kier molecular flexibility index (Phi) is 4.46. The monoisotopic (exact) mass is 251 g/mol. The molecular weight excluding hydrogens is 234 g/mol. The number of hydrogen-bond acceptors (Lipinski definition) is 5. The van der Waals surface area contributed by atoms with Crippen molar-refractivity contribution in [2.45, 2.75) is 18.9 Å². The van der Waals surface area contributed by atoms with E-state index in [9.17, 15) is 4.79 Å². The number of aliphatic imine (C=N–C) groups is 1. The Morgan fingerprint density at radius 3 is 3.22 bits per heavy atom. The van der Waals surface area contributed by atoms with Gasteiger partial charge in [-0.15, -0.1) is 0 Å². The second kappa shape index (κ2) is 6.30. The zero-order valence-corrected chi connectivity index (χ0v) is 10.1. The molecule has 6 heteroatoms. The molecule has 1 fully saturated rings. The number of nitrogens with one attached hydrogen (secondary N) is 1. The molecule has 0 aromatic rings. The van der Waals surface area contributed by atoms with Crippen molar-refractivity contribution in [1.82, 2.24) is 5.32 Å². The number of oxime groups is 1. The van der Waals surface area contributed by atoms with Crippen LogP contribution in [0.2, 0.25) is 0 Å². The van der Waals surface area contributed by atoms with Gasteiger partial charge in [-0.1, -0.05) is 11.2 Å². The molecule has 1 saturated heterocycles. The van der Waals surface area contributed by atoms with Crippen LogP contribution in [0.15, 0.2) is 22.3 Å². The molecule has 2 aliphatic heterocycles. The minimum absolute atomic E-state index is 0.0366. The van der Waals surface area contributed by atoms with Crippen LogP contribution in [0.3, 0.4) is 0 Å². The van der Waals surface area contributed by atoms with Gasteiger partial charge in [0.25, 0.3) is 0 Å². The van der Waals surface area contributed by atoms with Gasteiger partial charge in [-0.05, 0) is 18.9 Å². The van der Waals surface area contributed by atoms with Crippen molar-refractivity contribution in [3.05, 3.63) is 12.2 Å². The highest BCUT2D eigenvalue weighted by molar-refractivity contribution is 6.36. The fraction of sp³-hybridized carbons (Fsp3) is 0.583. The Bertz CT molecular complexity index is 384. The van der Waals surface area contributed by atoms with Gasteiger partial charge in [-0.25, -0.2) is 0 Å². The number of hydrogen-bond donors (Lipinski definition) is 2. The Morgan fingerprint density at radius 2 is 2.61 bits per heavy atom. The van der Waals surface area contributed by atoms with Gasteiger partial charge in [0.1, 0.15) is 0 Å². The predicted octanol–water partition coefficient (Wildman–Crippen LogP) is 0.369. The van der Waals surface area contributed by atoms with Crippen molar-refractivity contribution in [3.8, 4) is 0 Å². The maximum Gasteiger partial charge on any atom is 0.228 e. The van der Waals surface area contributed by atoms with E-state index in [1.807, 2.05) is 0 Å². The number of ether oxygens (including phenoxy) is 1. The molecule has 2 atom stereocenters. The van der Waals surface area contributed by atoms with Crippen LogP contribution in [0.5, 0.6) is 0 Å². The van der Waals surface area contributed by atoms with Gasteiger partial charge in [-0.2, -0.15) is 0 Å². The predicted molar refractivity (Wildman–Crippen MR) is 67.2 cm³/mol. The maximum absolute atomic E-state index is 11.8. The molecule has 2 unspecified atom stereocenters. The van der Waals surface area contributed by atoms with E-state index in [-0.39, 0.29) is 17.9 Å². The Balaban J connectivity index is 1.75. The highest BCUT2D eigenvalue weighted by Crippen LogP contribution is 2.11. The summed E-state index contributed by atoms with van der Waals surface area (Å²) in [6, 6.07) is 0. The third-order valence-electron chi connectivity index (χ3n) is 3.02. The van der Waals surface area contributed by atoms with Crippen molar-refractivity contribution >= 4 is 17.8 Å². The van der Waals surface area contributed by atoms with Crippen molar-refractivity contribution in [2.24, 2.45) is 16.1 Å². The molecule has 1 amide bonds. The third kappa shape index (κ3) is 3.40. The summed E-state index contributed by atoms with van der Waals surface area (Å²) in [4.78, 5) is 16.0. The average molecular weight is 251 g/mol. The van der Waals surface area contributed by atoms with Gasteiger partial charge in [0.15, 0.2) is 0 Å². The summed E-state index contributed by atoms with van der Waals surface area (Å²) in [5, 5.41) is 14.1. The molecule has 0 radical (unpaired) electrons. The molecule has 2 N–H and O–H groups in total. The number of carbonyl (C=O) groups is 1. The number of carbonyl (C=O) groups excluding carboxylic acids is 1. The van der Waals surface area contributed by atoms with Crippen LogP contribution in [0.25, 0.3) is 0 Å². The van der Waals surface area contributed by atoms with E-state index in [2.05, 4.69) is 15.5 Å². The van der Waals surface area contributed by atoms with Crippen molar-refractivity contribution in [2.75, 3.05) is 19.7 Å². The second-order valence-electron chi connectivity index (χ2n) is 4.36. The summed E-state index contributed by atoms with van der Waals surface area (Å²) in [6.45, 7) is 1.74. The molecule has 2 rings (SSSR count). The molecule has 18 heavy (non-hydrogen) atoms. The zero-order valence-electron chi connectivity index (χ0n) is 10.1. The zero-order chi connectivity index (χ0) is 12.8. The van der Waals surface area contributed by atoms with Gasteiger partial charge >= 0.3 is 0 Å². The van der Waals surface area contributed by atoms with Crippen LogP contribution in [0.1, 0.15) is 12.8 Å². The quantitative estimate of drug-likeness (QED) is 0.430. The fourth-order valence-corrected chi connectivity index (χ4v) is 2.00. The molecular formula is C12H17N3O3. The fourth-order valence-electron chi connectivity index (χ4n) is 2.00. The molecule has 0 aromatic carbocycles. The number of nitrogens with zero attached hydrogens (tertiary/aromatic N) is 2. The summed E-state index contributed by atoms with van der Waals surface area (Å²) < 4.78 is 5.43. The molecule has 0 saturated carbocycles. The highest BCUT2D eigenvalue weighted by Gasteiger charge is 2.20. The third-order valence-corrected chi connectivity index (χ3v) is 3.02. The van der Waals surface area contributed by atoms with Crippen LogP contribution in [-0.2, 0) is 9.53 Å². The van der Waals surface area contributed by atoms with Crippen LogP contribution >= 0.6 is 0 Å². The molecule has 0 bridgehead atoms. The van der Waals surface area contributed by atoms with Crippen LogP contribution in [0.4, 0.5) is 0 Å². The minimum atomic E-state index is -0.248. The molecule has 2 aliphatic rings. The van der Waals surface area contributed by atoms with Crippen molar-refractivity contribution in [3.63, 3.8) is 0 Å². The lowest BCUT2D eigenvalue weighted by atomic mass is 10.0. The SMILES string of the molecule is O=C(NCC1CCCO1)C1C=CC(/C=N/O)=NC1. The first-order chi connectivity index (χ1) is 8.79. The van der Waals surface area contributed by atoms with Gasteiger partial charge in [-0.3, -0.25) is 9.79 Å². The Hall–Kier alpha value is -1.69. The van der Waals surface area contributed by atoms with Gasteiger partial charge in [0, 0.05) is 13.2 Å². The van der Waals surface area contributed by atoms with Gasteiger partial charge < -0.3 is 15.3 Å². The normalized spacial score (nSPS) is 27.4. The molecule has 98 valence electrons. The van der Waals surface area contributed by atoms with Crippen LogP contribution in [-0.4, -0.2) is 48.8 Å². The Labute approximate surface area is 105 Å². The van der Waals surface area contributed by atoms with Crippen LogP contribution in [0, 0.1) is 5.92 Å². The number of dihydropyridines is 1. The summed E-state index contributed by atoms with van der Waals surface area (Å²) >= 11 is 0. The van der Waals surface area contributed by atoms with E-state index >= 15 is 0 Å². The summed E-state index contributed by atoms with van der Waals surface area (Å²) in [5.74, 6) is -0.285. The molecule has 6 nitrogen and oxygen atoms in total. The Morgan fingerprint density at radius 1 is 1.72 bits per heavy atom. The van der Waals surface area contributed by atoms with E-state index in [4.69, 9.17) is 9.94 Å². The van der Waals surface area contributed by atoms with E-state index in [0.717, 1.165) is 19.4 Å². The second-order valence-corrected chi connectivity index (χ2v) is 4.36. The molecule has 2 heterocycles. The lowest BCUT2D eigenvalue weighted by Crippen LogP contribution is -2.37. The smallest absolute Gasteiger partial charge is 0.228 e. The van der Waals surface area contributed by atoms with Crippen LogP contribution < -0.4 is 5.32 Å². The average Bonchev–Trinajstić information content (AvgIpc) is 2.90. The van der Waals surface area contributed by atoms with Gasteiger partial charge in [0.05, 0.1) is 30.5 Å². The van der Waals surface area contributed by atoms with E-state index in [0.29, 0.717) is 18.8 Å². The number of amides is 1.